The third-order valence-electron chi connectivity index (χ3n) is 6.05. The van der Waals surface area contributed by atoms with Crippen molar-refractivity contribution in [3.05, 3.63) is 59.9 Å². The molecule has 1 fully saturated rings. The summed E-state index contributed by atoms with van der Waals surface area (Å²) in [5, 5.41) is 14.0. The molecule has 2 aromatic heterocycles. The standard InChI is InChI=1S/C24H26F3N5O3/c1-3-35-21(33)16-4-7-23(34,8-5-16)20-13-32(14-29-20)18-11-15(2)10-17(12-18)30-22-28-9-6-19(31-22)24(25,26)27/h6,9-14,16,34H,3-5,7-8H2,1-2H3,(H,28,30,31)/t16-,23+. The molecule has 0 aliphatic heterocycles. The molecule has 186 valence electrons. The van der Waals surface area contributed by atoms with Crippen molar-refractivity contribution in [2.45, 2.75) is 51.3 Å². The van der Waals surface area contributed by atoms with E-state index in [9.17, 15) is 23.1 Å². The predicted octanol–water partition coefficient (Wildman–Crippen LogP) is 4.67. The lowest BCUT2D eigenvalue weighted by atomic mass is 9.77. The van der Waals surface area contributed by atoms with Crippen molar-refractivity contribution in [2.24, 2.45) is 5.92 Å². The van der Waals surface area contributed by atoms with E-state index in [4.69, 9.17) is 4.74 Å². The number of benzene rings is 1. The normalized spacial score (nSPS) is 20.5. The Morgan fingerprint density at radius 2 is 2.00 bits per heavy atom. The highest BCUT2D eigenvalue weighted by atomic mass is 19.4. The zero-order chi connectivity index (χ0) is 25.2. The van der Waals surface area contributed by atoms with Crippen molar-refractivity contribution >= 4 is 17.6 Å². The van der Waals surface area contributed by atoms with Gasteiger partial charge in [-0.2, -0.15) is 13.2 Å². The second-order valence-corrected chi connectivity index (χ2v) is 8.67. The van der Waals surface area contributed by atoms with Crippen LogP contribution >= 0.6 is 0 Å². The zero-order valence-corrected chi connectivity index (χ0v) is 19.3. The minimum atomic E-state index is -4.57. The molecule has 1 aromatic carbocycles. The van der Waals surface area contributed by atoms with Gasteiger partial charge in [-0.1, -0.05) is 0 Å². The molecule has 1 aliphatic carbocycles. The van der Waals surface area contributed by atoms with Gasteiger partial charge >= 0.3 is 12.1 Å². The van der Waals surface area contributed by atoms with Crippen molar-refractivity contribution in [1.29, 1.82) is 0 Å². The van der Waals surface area contributed by atoms with Gasteiger partial charge in [-0.3, -0.25) is 4.79 Å². The molecule has 0 saturated heterocycles. The van der Waals surface area contributed by atoms with E-state index >= 15 is 0 Å². The lowest BCUT2D eigenvalue weighted by Crippen LogP contribution is -2.34. The van der Waals surface area contributed by atoms with Gasteiger partial charge in [0.05, 0.1) is 24.5 Å². The Balaban J connectivity index is 1.51. The van der Waals surface area contributed by atoms with Gasteiger partial charge in [0.2, 0.25) is 5.95 Å². The minimum Gasteiger partial charge on any atom is -0.466 e. The van der Waals surface area contributed by atoms with E-state index in [0.29, 0.717) is 49.4 Å². The summed E-state index contributed by atoms with van der Waals surface area (Å²) < 4.78 is 45.7. The van der Waals surface area contributed by atoms with Gasteiger partial charge in [0.15, 0.2) is 0 Å². The molecule has 0 amide bonds. The number of nitrogens with zero attached hydrogens (tertiary/aromatic N) is 4. The molecule has 0 bridgehead atoms. The summed E-state index contributed by atoms with van der Waals surface area (Å²) in [6, 6.07) is 6.18. The fraction of sp³-hybridized carbons (Fsp3) is 0.417. The number of aryl methyl sites for hydroxylation is 1. The fourth-order valence-electron chi connectivity index (χ4n) is 4.24. The van der Waals surface area contributed by atoms with Gasteiger partial charge in [0.1, 0.15) is 11.3 Å². The van der Waals surface area contributed by atoms with Crippen LogP contribution in [-0.4, -0.2) is 37.2 Å². The van der Waals surface area contributed by atoms with Gasteiger partial charge in [-0.25, -0.2) is 15.0 Å². The molecule has 8 nitrogen and oxygen atoms in total. The zero-order valence-electron chi connectivity index (χ0n) is 19.3. The molecule has 3 aromatic rings. The number of imidazole rings is 1. The van der Waals surface area contributed by atoms with Gasteiger partial charge in [-0.15, -0.1) is 0 Å². The first-order chi connectivity index (χ1) is 16.6. The van der Waals surface area contributed by atoms with Crippen molar-refractivity contribution in [1.82, 2.24) is 19.5 Å². The van der Waals surface area contributed by atoms with E-state index < -0.39 is 17.5 Å². The molecule has 35 heavy (non-hydrogen) atoms. The number of carbonyl (C=O) groups excluding carboxylic acids is 1. The number of halogens is 3. The lowest BCUT2D eigenvalue weighted by Gasteiger charge is -2.33. The topological polar surface area (TPSA) is 102 Å². The summed E-state index contributed by atoms with van der Waals surface area (Å²) >= 11 is 0. The second-order valence-electron chi connectivity index (χ2n) is 8.67. The lowest BCUT2D eigenvalue weighted by molar-refractivity contribution is -0.151. The molecule has 0 unspecified atom stereocenters. The van der Waals surface area contributed by atoms with Crippen LogP contribution in [0, 0.1) is 12.8 Å². The van der Waals surface area contributed by atoms with E-state index in [-0.39, 0.29) is 17.8 Å². The Labute approximate surface area is 200 Å². The third-order valence-corrected chi connectivity index (χ3v) is 6.05. The monoisotopic (exact) mass is 489 g/mol. The number of hydrogen-bond acceptors (Lipinski definition) is 7. The van der Waals surface area contributed by atoms with E-state index in [1.54, 1.807) is 36.1 Å². The number of aromatic nitrogens is 4. The van der Waals surface area contributed by atoms with Crippen LogP contribution in [0.5, 0.6) is 0 Å². The predicted molar refractivity (Wildman–Crippen MR) is 121 cm³/mol. The highest BCUT2D eigenvalue weighted by Crippen LogP contribution is 2.39. The maximum atomic E-state index is 13.0. The molecule has 1 saturated carbocycles. The first kappa shape index (κ1) is 24.6. The van der Waals surface area contributed by atoms with Crippen molar-refractivity contribution in [3.8, 4) is 5.69 Å². The van der Waals surface area contributed by atoms with E-state index in [2.05, 4.69) is 20.3 Å². The summed E-state index contributed by atoms with van der Waals surface area (Å²) in [5.74, 6) is -0.624. The molecule has 2 heterocycles. The summed E-state index contributed by atoms with van der Waals surface area (Å²) in [4.78, 5) is 23.8. The molecular weight excluding hydrogens is 463 g/mol. The largest absolute Gasteiger partial charge is 0.466 e. The number of nitrogens with one attached hydrogen (secondary N) is 1. The van der Waals surface area contributed by atoms with E-state index in [1.165, 1.54) is 0 Å². The van der Waals surface area contributed by atoms with Crippen LogP contribution in [0.2, 0.25) is 0 Å². The molecule has 4 rings (SSSR count). The van der Waals surface area contributed by atoms with Gasteiger partial charge in [-0.05, 0) is 69.4 Å². The van der Waals surface area contributed by atoms with Gasteiger partial charge in [0, 0.05) is 23.8 Å². The number of carbonyl (C=O) groups is 1. The average Bonchev–Trinajstić information content (AvgIpc) is 3.30. The quantitative estimate of drug-likeness (QED) is 0.485. The Bertz CT molecular complexity index is 1200. The average molecular weight is 489 g/mol. The number of rotatable bonds is 6. The molecule has 0 radical (unpaired) electrons. The maximum Gasteiger partial charge on any atom is 0.433 e. The summed E-state index contributed by atoms with van der Waals surface area (Å²) in [6.07, 6.45) is 1.58. The van der Waals surface area contributed by atoms with Crippen molar-refractivity contribution < 1.29 is 27.8 Å². The number of anilines is 2. The SMILES string of the molecule is CCOC(=O)[C@H]1CC[C@](O)(c2cn(-c3cc(C)cc(Nc4nccc(C(F)(F)F)n4)c3)cn2)CC1. The highest BCUT2D eigenvalue weighted by Gasteiger charge is 2.39. The van der Waals surface area contributed by atoms with Crippen molar-refractivity contribution in [3.63, 3.8) is 0 Å². The highest BCUT2D eigenvalue weighted by molar-refractivity contribution is 5.72. The Morgan fingerprint density at radius 3 is 2.69 bits per heavy atom. The number of alkyl halides is 3. The van der Waals surface area contributed by atoms with Crippen LogP contribution < -0.4 is 5.32 Å². The smallest absolute Gasteiger partial charge is 0.433 e. The maximum absolute atomic E-state index is 13.0. The Kier molecular flexibility index (Phi) is 6.79. The molecule has 0 atom stereocenters. The van der Waals surface area contributed by atoms with Crippen LogP contribution in [0.3, 0.4) is 0 Å². The van der Waals surface area contributed by atoms with Crippen molar-refractivity contribution in [2.75, 3.05) is 11.9 Å². The summed E-state index contributed by atoms with van der Waals surface area (Å²) in [5.41, 5.74) is 0.363. The third kappa shape index (κ3) is 5.61. The number of aliphatic hydroxyl groups is 1. The molecule has 2 N–H and O–H groups in total. The van der Waals surface area contributed by atoms with Crippen LogP contribution in [0.4, 0.5) is 24.8 Å². The molecular formula is C24H26F3N5O3. The second kappa shape index (κ2) is 9.65. The summed E-state index contributed by atoms with van der Waals surface area (Å²) in [7, 11) is 0. The van der Waals surface area contributed by atoms with Crippen LogP contribution in [-0.2, 0) is 21.3 Å². The number of hydrogen-bond donors (Lipinski definition) is 2. The number of esters is 1. The van der Waals surface area contributed by atoms with E-state index in [1.807, 2.05) is 13.0 Å². The van der Waals surface area contributed by atoms with Crippen LogP contribution in [0.15, 0.2) is 43.0 Å². The van der Waals surface area contributed by atoms with Crippen LogP contribution in [0.25, 0.3) is 5.69 Å². The Morgan fingerprint density at radius 1 is 1.26 bits per heavy atom. The molecule has 11 heteroatoms. The van der Waals surface area contributed by atoms with Gasteiger partial charge < -0.3 is 19.7 Å². The minimum absolute atomic E-state index is 0.171. The summed E-state index contributed by atoms with van der Waals surface area (Å²) in [6.45, 7) is 3.95. The Hall–Kier alpha value is -3.47. The first-order valence-electron chi connectivity index (χ1n) is 11.3. The number of ether oxygens (including phenoxy) is 1. The van der Waals surface area contributed by atoms with E-state index in [0.717, 1.165) is 17.8 Å². The molecule has 0 spiro atoms. The first-order valence-corrected chi connectivity index (χ1v) is 11.3. The van der Waals surface area contributed by atoms with Gasteiger partial charge in [0.25, 0.3) is 0 Å². The van der Waals surface area contributed by atoms with Crippen LogP contribution in [0.1, 0.15) is 49.6 Å². The molecule has 1 aliphatic rings. The fourth-order valence-corrected chi connectivity index (χ4v) is 4.24.